The molecule has 0 fully saturated rings. The van der Waals surface area contributed by atoms with Crippen LogP contribution >= 0.6 is 0 Å². The van der Waals surface area contributed by atoms with Crippen LogP contribution in [-0.4, -0.2) is 16.3 Å². The molecule has 3 heteroatoms. The number of nitrogens with zero attached hydrogens (tertiary/aromatic N) is 2. The largest absolute Gasteiger partial charge is 0.330 e. The van der Waals surface area contributed by atoms with E-state index in [1.165, 1.54) is 18.5 Å². The Hall–Kier alpha value is -0.830. The molecule has 0 aromatic carbocycles. The van der Waals surface area contributed by atoms with Crippen molar-refractivity contribution in [3.05, 3.63) is 17.5 Å². The van der Waals surface area contributed by atoms with Gasteiger partial charge in [-0.05, 0) is 25.8 Å². The van der Waals surface area contributed by atoms with Crippen LogP contribution in [0.4, 0.5) is 0 Å². The third-order valence-electron chi connectivity index (χ3n) is 2.56. The average Bonchev–Trinajstić information content (AvgIpc) is 2.44. The first-order valence-electron chi connectivity index (χ1n) is 4.55. The fraction of sp³-hybridized carbons (Fsp3) is 0.667. The van der Waals surface area contributed by atoms with Gasteiger partial charge in [-0.1, -0.05) is 0 Å². The smallest absolute Gasteiger partial charge is 0.0596 e. The normalized spacial score (nSPS) is 22.3. The van der Waals surface area contributed by atoms with Crippen molar-refractivity contribution >= 4 is 0 Å². The lowest BCUT2D eigenvalue weighted by molar-refractivity contribution is 0.427. The summed E-state index contributed by atoms with van der Waals surface area (Å²) in [6.45, 7) is 3.86. The number of nitrogens with two attached hydrogens (primary N) is 1. The van der Waals surface area contributed by atoms with Crippen LogP contribution in [0.2, 0.25) is 0 Å². The zero-order chi connectivity index (χ0) is 8.55. The Morgan fingerprint density at radius 3 is 3.33 bits per heavy atom. The topological polar surface area (TPSA) is 43.8 Å². The molecule has 2 N–H and O–H groups in total. The monoisotopic (exact) mass is 165 g/mol. The zero-order valence-corrected chi connectivity index (χ0v) is 7.45. The van der Waals surface area contributed by atoms with Crippen molar-refractivity contribution in [1.29, 1.82) is 0 Å². The van der Waals surface area contributed by atoms with Crippen LogP contribution in [-0.2, 0) is 6.54 Å². The Morgan fingerprint density at radius 2 is 2.58 bits per heavy atom. The molecule has 2 rings (SSSR count). The number of rotatable bonds is 1. The molecule has 1 aliphatic heterocycles. The second-order valence-corrected chi connectivity index (χ2v) is 3.51. The molecule has 3 nitrogen and oxygen atoms in total. The molecule has 1 unspecified atom stereocenters. The van der Waals surface area contributed by atoms with E-state index in [-0.39, 0.29) is 0 Å². The van der Waals surface area contributed by atoms with Crippen molar-refractivity contribution in [2.75, 3.05) is 6.54 Å². The summed E-state index contributed by atoms with van der Waals surface area (Å²) in [5.74, 6) is 0.542. The molecule has 2 heterocycles. The Balaban J connectivity index is 2.36. The molecular weight excluding hydrogens is 150 g/mol. The van der Waals surface area contributed by atoms with E-state index in [1.807, 2.05) is 6.92 Å². The minimum Gasteiger partial charge on any atom is -0.330 e. The lowest BCUT2D eigenvalue weighted by atomic mass is 9.96. The highest BCUT2D eigenvalue weighted by atomic mass is 15.3. The van der Waals surface area contributed by atoms with Gasteiger partial charge in [0.05, 0.1) is 5.69 Å². The zero-order valence-electron chi connectivity index (χ0n) is 7.45. The van der Waals surface area contributed by atoms with Crippen molar-refractivity contribution in [2.24, 2.45) is 5.73 Å². The SMILES string of the molecule is Cc1cc2n(n1)CCCC2CN. The second kappa shape index (κ2) is 2.90. The molecule has 0 bridgehead atoms. The second-order valence-electron chi connectivity index (χ2n) is 3.51. The van der Waals surface area contributed by atoms with E-state index in [9.17, 15) is 0 Å². The van der Waals surface area contributed by atoms with Gasteiger partial charge in [0.2, 0.25) is 0 Å². The van der Waals surface area contributed by atoms with Crippen LogP contribution in [0, 0.1) is 6.92 Å². The third-order valence-corrected chi connectivity index (χ3v) is 2.56. The predicted molar refractivity (Wildman–Crippen MR) is 48.0 cm³/mol. The quantitative estimate of drug-likeness (QED) is 0.675. The lowest BCUT2D eigenvalue weighted by Gasteiger charge is -2.21. The summed E-state index contributed by atoms with van der Waals surface area (Å²) in [4.78, 5) is 0. The standard InChI is InChI=1S/C9H15N3/c1-7-5-9-8(6-10)3-2-4-12(9)11-7/h5,8H,2-4,6,10H2,1H3. The molecule has 0 aliphatic carbocycles. The summed E-state index contributed by atoms with van der Waals surface area (Å²) < 4.78 is 2.11. The Bertz CT molecular complexity index is 277. The highest BCUT2D eigenvalue weighted by Crippen LogP contribution is 2.26. The van der Waals surface area contributed by atoms with Crippen LogP contribution in [0.3, 0.4) is 0 Å². The van der Waals surface area contributed by atoms with Gasteiger partial charge >= 0.3 is 0 Å². The van der Waals surface area contributed by atoms with Crippen molar-refractivity contribution in [3.8, 4) is 0 Å². The van der Waals surface area contributed by atoms with Gasteiger partial charge in [-0.2, -0.15) is 5.10 Å². The summed E-state index contributed by atoms with van der Waals surface area (Å²) in [5.41, 5.74) is 8.14. The van der Waals surface area contributed by atoms with Gasteiger partial charge < -0.3 is 5.73 Å². The third kappa shape index (κ3) is 1.14. The number of hydrogen-bond donors (Lipinski definition) is 1. The van der Waals surface area contributed by atoms with E-state index in [1.54, 1.807) is 0 Å². The minimum atomic E-state index is 0.542. The molecule has 0 spiro atoms. The number of fused-ring (bicyclic) bond motifs is 1. The fourth-order valence-corrected chi connectivity index (χ4v) is 1.95. The molecule has 66 valence electrons. The Labute approximate surface area is 72.6 Å². The van der Waals surface area contributed by atoms with Crippen molar-refractivity contribution in [1.82, 2.24) is 9.78 Å². The molecular formula is C9H15N3. The van der Waals surface area contributed by atoms with E-state index in [0.29, 0.717) is 5.92 Å². The van der Waals surface area contributed by atoms with Crippen molar-refractivity contribution < 1.29 is 0 Å². The first kappa shape index (κ1) is 7.80. The van der Waals surface area contributed by atoms with Crippen LogP contribution < -0.4 is 5.73 Å². The van der Waals surface area contributed by atoms with Gasteiger partial charge in [0.25, 0.3) is 0 Å². The summed E-state index contributed by atoms with van der Waals surface area (Å²) in [7, 11) is 0. The fourth-order valence-electron chi connectivity index (χ4n) is 1.95. The summed E-state index contributed by atoms with van der Waals surface area (Å²) in [6, 6.07) is 2.16. The first-order chi connectivity index (χ1) is 5.81. The number of aromatic nitrogens is 2. The lowest BCUT2D eigenvalue weighted by Crippen LogP contribution is -2.22. The van der Waals surface area contributed by atoms with Gasteiger partial charge in [0.1, 0.15) is 0 Å². The molecule has 1 aliphatic rings. The van der Waals surface area contributed by atoms with E-state index >= 15 is 0 Å². The molecule has 0 amide bonds. The molecule has 1 atom stereocenters. The maximum absolute atomic E-state index is 5.69. The van der Waals surface area contributed by atoms with Crippen molar-refractivity contribution in [2.45, 2.75) is 32.2 Å². The number of aryl methyl sites for hydroxylation is 2. The Morgan fingerprint density at radius 1 is 1.75 bits per heavy atom. The predicted octanol–water partition coefficient (Wildman–Crippen LogP) is 1.03. The van der Waals surface area contributed by atoms with Gasteiger partial charge in [-0.25, -0.2) is 0 Å². The van der Waals surface area contributed by atoms with Crippen molar-refractivity contribution in [3.63, 3.8) is 0 Å². The van der Waals surface area contributed by atoms with Gasteiger partial charge in [-0.3, -0.25) is 4.68 Å². The van der Waals surface area contributed by atoms with E-state index < -0.39 is 0 Å². The summed E-state index contributed by atoms with van der Waals surface area (Å²) in [6.07, 6.45) is 2.44. The first-order valence-corrected chi connectivity index (χ1v) is 4.55. The maximum Gasteiger partial charge on any atom is 0.0596 e. The molecule has 1 aromatic rings. The van der Waals surface area contributed by atoms with Crippen LogP contribution in [0.25, 0.3) is 0 Å². The molecule has 0 radical (unpaired) electrons. The maximum atomic E-state index is 5.69. The van der Waals surface area contributed by atoms with Gasteiger partial charge in [0, 0.05) is 24.7 Å². The molecule has 0 saturated carbocycles. The van der Waals surface area contributed by atoms with E-state index in [0.717, 1.165) is 18.8 Å². The van der Waals surface area contributed by atoms with Gasteiger partial charge in [-0.15, -0.1) is 0 Å². The summed E-state index contributed by atoms with van der Waals surface area (Å²) in [5, 5.41) is 4.41. The number of hydrogen-bond acceptors (Lipinski definition) is 2. The van der Waals surface area contributed by atoms with Crippen LogP contribution in [0.5, 0.6) is 0 Å². The molecule has 12 heavy (non-hydrogen) atoms. The van der Waals surface area contributed by atoms with Crippen LogP contribution in [0.1, 0.15) is 30.1 Å². The minimum absolute atomic E-state index is 0.542. The summed E-state index contributed by atoms with van der Waals surface area (Å²) >= 11 is 0. The highest BCUT2D eigenvalue weighted by Gasteiger charge is 2.19. The van der Waals surface area contributed by atoms with Crippen LogP contribution in [0.15, 0.2) is 6.07 Å². The van der Waals surface area contributed by atoms with Gasteiger partial charge in [0.15, 0.2) is 0 Å². The van der Waals surface area contributed by atoms with E-state index in [4.69, 9.17) is 5.73 Å². The molecule has 0 saturated heterocycles. The Kier molecular flexibility index (Phi) is 1.89. The molecule has 1 aromatic heterocycles. The highest BCUT2D eigenvalue weighted by molar-refractivity contribution is 5.15. The van der Waals surface area contributed by atoms with E-state index in [2.05, 4.69) is 15.8 Å². The average molecular weight is 165 g/mol.